The van der Waals surface area contributed by atoms with E-state index in [4.69, 9.17) is 4.74 Å². The number of methoxy groups -OCH3 is 1. The second-order valence-corrected chi connectivity index (χ2v) is 6.76. The fourth-order valence-electron chi connectivity index (χ4n) is 2.89. The predicted molar refractivity (Wildman–Crippen MR) is 120 cm³/mol. The summed E-state index contributed by atoms with van der Waals surface area (Å²) in [7, 11) is 1.48. The number of anilines is 1. The zero-order valence-corrected chi connectivity index (χ0v) is 19.1. The van der Waals surface area contributed by atoms with Crippen molar-refractivity contribution in [2.24, 2.45) is 0 Å². The monoisotopic (exact) mass is 429 g/mol. The summed E-state index contributed by atoms with van der Waals surface area (Å²) < 4.78 is 20.3. The van der Waals surface area contributed by atoms with Crippen molar-refractivity contribution in [1.82, 2.24) is 20.0 Å². The number of rotatable bonds is 6. The number of carbonyl (C=O) groups excluding carboxylic acids is 1. The molecule has 31 heavy (non-hydrogen) atoms. The molecule has 1 aromatic carbocycles. The Morgan fingerprint density at radius 1 is 1.23 bits per heavy atom. The Kier molecular flexibility index (Phi) is 8.78. The number of halogens is 1. The molecule has 1 unspecified atom stereocenters. The number of amides is 1. The Bertz CT molecular complexity index is 978. The van der Waals surface area contributed by atoms with Crippen LogP contribution in [0.25, 0.3) is 5.69 Å². The molecule has 1 aliphatic rings. The molecule has 1 fully saturated rings. The van der Waals surface area contributed by atoms with Crippen LogP contribution in [0.15, 0.2) is 36.7 Å². The van der Waals surface area contributed by atoms with Gasteiger partial charge in [-0.2, -0.15) is 10.2 Å². The molecule has 0 bridgehead atoms. The number of benzene rings is 1. The maximum atomic E-state index is 13.7. The van der Waals surface area contributed by atoms with Gasteiger partial charge in [0.25, 0.3) is 0 Å². The Balaban J connectivity index is 0.000000807. The van der Waals surface area contributed by atoms with Crippen LogP contribution in [0.1, 0.15) is 70.6 Å². The molecule has 3 aromatic rings. The minimum atomic E-state index is -0.435. The molecule has 2 N–H and O–H groups in total. The van der Waals surface area contributed by atoms with Gasteiger partial charge in [0.1, 0.15) is 11.6 Å². The van der Waals surface area contributed by atoms with Gasteiger partial charge >= 0.3 is 0 Å². The van der Waals surface area contributed by atoms with Gasteiger partial charge in [-0.05, 0) is 25.8 Å². The van der Waals surface area contributed by atoms with Crippen molar-refractivity contribution in [3.8, 4) is 11.4 Å². The van der Waals surface area contributed by atoms with E-state index in [0.717, 1.165) is 18.5 Å². The lowest BCUT2D eigenvalue weighted by Gasteiger charge is -2.08. The molecule has 4 rings (SSSR count). The quantitative estimate of drug-likeness (QED) is 0.548. The van der Waals surface area contributed by atoms with Gasteiger partial charge < -0.3 is 10.1 Å². The van der Waals surface area contributed by atoms with E-state index in [2.05, 4.69) is 20.6 Å². The molecule has 0 radical (unpaired) electrons. The summed E-state index contributed by atoms with van der Waals surface area (Å²) in [5.41, 5.74) is 2.30. The lowest BCUT2D eigenvalue weighted by atomic mass is 10.0. The molecular weight excluding hydrogens is 397 g/mol. The number of nitrogens with zero attached hydrogens (tertiary/aromatic N) is 3. The highest BCUT2D eigenvalue weighted by atomic mass is 19.1. The van der Waals surface area contributed by atoms with Gasteiger partial charge in [-0.3, -0.25) is 9.89 Å². The summed E-state index contributed by atoms with van der Waals surface area (Å²) in [6.45, 7) is 9.79. The van der Waals surface area contributed by atoms with Gasteiger partial charge in [-0.15, -0.1) is 0 Å². The van der Waals surface area contributed by atoms with Gasteiger partial charge in [0, 0.05) is 41.6 Å². The molecule has 168 valence electrons. The average molecular weight is 430 g/mol. The van der Waals surface area contributed by atoms with Gasteiger partial charge in [0.05, 0.1) is 24.9 Å². The summed E-state index contributed by atoms with van der Waals surface area (Å²) in [5, 5.41) is 14.2. The van der Waals surface area contributed by atoms with Crippen LogP contribution in [0, 0.1) is 5.82 Å². The number of ether oxygens (including phenoxy) is 1. The molecule has 1 saturated carbocycles. The topological polar surface area (TPSA) is 84.8 Å². The van der Waals surface area contributed by atoms with Crippen molar-refractivity contribution in [2.45, 2.75) is 59.3 Å². The first kappa shape index (κ1) is 24.1. The maximum absolute atomic E-state index is 13.7. The predicted octanol–water partition coefficient (Wildman–Crippen LogP) is 5.42. The smallest absolute Gasteiger partial charge is 0.232 e. The summed E-state index contributed by atoms with van der Waals surface area (Å²) in [4.78, 5) is 12.5. The molecule has 2 aromatic heterocycles. The van der Waals surface area contributed by atoms with Crippen LogP contribution < -0.4 is 10.1 Å². The highest BCUT2D eigenvalue weighted by Gasteiger charge is 2.26. The lowest BCUT2D eigenvalue weighted by molar-refractivity contribution is -0.117. The molecule has 1 aliphatic carbocycles. The normalized spacial score (nSPS) is 13.3. The third-order valence-corrected chi connectivity index (χ3v) is 4.72. The second-order valence-electron chi connectivity index (χ2n) is 6.76. The van der Waals surface area contributed by atoms with E-state index in [1.807, 2.05) is 33.8 Å². The highest BCUT2D eigenvalue weighted by molar-refractivity contribution is 5.94. The summed E-state index contributed by atoms with van der Waals surface area (Å²) >= 11 is 0. The molecule has 1 atom stereocenters. The molecule has 0 aliphatic heterocycles. The van der Waals surface area contributed by atoms with Crippen LogP contribution in [0.4, 0.5) is 10.2 Å². The van der Waals surface area contributed by atoms with Gasteiger partial charge in [-0.25, -0.2) is 9.07 Å². The number of aromatic nitrogens is 4. The standard InChI is InChI=1S/C19H20FN5O2.2C2H6/c1-11(19(26)22-18-8-17(23-24-18)12-3-4-12)13-9-21-25(10-13)15-5-14(20)6-16(7-15)27-2;2*1-2/h5-12H,3-4H2,1-2H3,(H2,22,23,24,26);2*1-2H3. The number of hydrogen-bond acceptors (Lipinski definition) is 4. The van der Waals surface area contributed by atoms with Crippen LogP contribution in [0.2, 0.25) is 0 Å². The van der Waals surface area contributed by atoms with E-state index in [1.165, 1.54) is 23.9 Å². The van der Waals surface area contributed by atoms with Crippen molar-refractivity contribution < 1.29 is 13.9 Å². The number of carbonyl (C=O) groups is 1. The fraction of sp³-hybridized carbons (Fsp3) is 0.435. The molecule has 2 heterocycles. The van der Waals surface area contributed by atoms with Crippen molar-refractivity contribution in [3.05, 3.63) is 53.7 Å². The van der Waals surface area contributed by atoms with Crippen LogP contribution in [0.5, 0.6) is 5.75 Å². The first-order valence-corrected chi connectivity index (χ1v) is 10.8. The molecular formula is C23H32FN5O2. The minimum Gasteiger partial charge on any atom is -0.497 e. The van der Waals surface area contributed by atoms with E-state index >= 15 is 0 Å². The van der Waals surface area contributed by atoms with E-state index < -0.39 is 11.7 Å². The maximum Gasteiger partial charge on any atom is 0.232 e. The van der Waals surface area contributed by atoms with E-state index in [-0.39, 0.29) is 5.91 Å². The zero-order valence-electron chi connectivity index (χ0n) is 19.1. The fourth-order valence-corrected chi connectivity index (χ4v) is 2.89. The van der Waals surface area contributed by atoms with Gasteiger partial charge in [0.15, 0.2) is 5.82 Å². The molecule has 8 heteroatoms. The van der Waals surface area contributed by atoms with E-state index in [1.54, 1.807) is 25.4 Å². The molecule has 0 spiro atoms. The summed E-state index contributed by atoms with van der Waals surface area (Å²) in [6, 6.07) is 6.20. The first-order valence-electron chi connectivity index (χ1n) is 10.8. The van der Waals surface area contributed by atoms with Gasteiger partial charge in [0.2, 0.25) is 5.91 Å². The van der Waals surface area contributed by atoms with E-state index in [9.17, 15) is 9.18 Å². The van der Waals surface area contributed by atoms with Crippen LogP contribution in [0.3, 0.4) is 0 Å². The van der Waals surface area contributed by atoms with Gasteiger partial charge in [-0.1, -0.05) is 27.7 Å². The molecule has 0 saturated heterocycles. The van der Waals surface area contributed by atoms with Crippen LogP contribution >= 0.6 is 0 Å². The Hall–Kier alpha value is -3.16. The second kappa shape index (κ2) is 11.3. The first-order chi connectivity index (χ1) is 15.0. The number of aromatic amines is 1. The summed E-state index contributed by atoms with van der Waals surface area (Å²) in [5.74, 6) is 0.434. The Morgan fingerprint density at radius 2 is 1.94 bits per heavy atom. The van der Waals surface area contributed by atoms with Crippen LogP contribution in [-0.4, -0.2) is 33.0 Å². The minimum absolute atomic E-state index is 0.180. The molecule has 7 nitrogen and oxygen atoms in total. The van der Waals surface area contributed by atoms with Crippen molar-refractivity contribution >= 4 is 11.7 Å². The number of hydrogen-bond donors (Lipinski definition) is 2. The third kappa shape index (κ3) is 6.16. The number of nitrogens with one attached hydrogen (secondary N) is 2. The van der Waals surface area contributed by atoms with E-state index in [0.29, 0.717) is 28.7 Å². The lowest BCUT2D eigenvalue weighted by Crippen LogP contribution is -2.18. The SMILES string of the molecule is CC.CC.COc1cc(F)cc(-n2cc(C(C)C(=O)Nc3cc(C4CC4)[nH]n3)cn2)c1. The third-order valence-electron chi connectivity index (χ3n) is 4.72. The molecule has 1 amide bonds. The zero-order chi connectivity index (χ0) is 23.0. The largest absolute Gasteiger partial charge is 0.497 e. The average Bonchev–Trinajstić information content (AvgIpc) is 3.34. The van der Waals surface area contributed by atoms with Crippen molar-refractivity contribution in [1.29, 1.82) is 0 Å². The Labute approximate surface area is 183 Å². The van der Waals surface area contributed by atoms with Crippen LogP contribution in [-0.2, 0) is 4.79 Å². The highest BCUT2D eigenvalue weighted by Crippen LogP contribution is 2.39. The number of H-pyrrole nitrogens is 1. The van der Waals surface area contributed by atoms with Crippen molar-refractivity contribution in [2.75, 3.05) is 12.4 Å². The summed E-state index contributed by atoms with van der Waals surface area (Å²) in [6.07, 6.45) is 5.63. The Morgan fingerprint density at radius 3 is 2.58 bits per heavy atom. The van der Waals surface area contributed by atoms with Crippen molar-refractivity contribution in [3.63, 3.8) is 0 Å².